The Morgan fingerprint density at radius 2 is 1.55 bits per heavy atom. The Morgan fingerprint density at radius 1 is 1.09 bits per heavy atom. The summed E-state index contributed by atoms with van der Waals surface area (Å²) in [6.07, 6.45) is 0. The molecule has 11 heavy (non-hydrogen) atoms. The molecule has 1 aromatic carbocycles. The van der Waals surface area contributed by atoms with Crippen molar-refractivity contribution in [1.29, 1.82) is 0 Å². The molecule has 60 valence electrons. The highest BCUT2D eigenvalue weighted by Gasteiger charge is 1.99. The van der Waals surface area contributed by atoms with Gasteiger partial charge in [0.15, 0.2) is 0 Å². The largest absolute Gasteiger partial charge is 0.0561 e. The van der Waals surface area contributed by atoms with E-state index in [9.17, 15) is 0 Å². The standard InChI is InChI=1S/C10H16Si/c1-7-4-8(2)10(6-11)9(3)5-7/h4-5H,6H2,1-3,11H3. The van der Waals surface area contributed by atoms with Gasteiger partial charge in [-0.15, -0.1) is 0 Å². The highest BCUT2D eigenvalue weighted by Crippen LogP contribution is 2.15. The van der Waals surface area contributed by atoms with Crippen molar-refractivity contribution in [1.82, 2.24) is 0 Å². The van der Waals surface area contributed by atoms with Crippen LogP contribution in [0.5, 0.6) is 0 Å². The smallest absolute Gasteiger partial charge is 0.00836 e. The highest BCUT2D eigenvalue weighted by molar-refractivity contribution is 6.08. The molecule has 0 fully saturated rings. The molecule has 0 N–H and O–H groups in total. The SMILES string of the molecule is Cc1cc(C)c(C[SiH3])c(C)c1. The minimum Gasteiger partial charge on any atom is -0.0561 e. The highest BCUT2D eigenvalue weighted by atomic mass is 28.1. The molecule has 0 unspecified atom stereocenters. The maximum absolute atomic E-state index is 2.28. The first kappa shape index (κ1) is 8.53. The number of rotatable bonds is 1. The first-order valence-corrected chi connectivity index (χ1v) is 5.63. The summed E-state index contributed by atoms with van der Waals surface area (Å²) in [6, 6.07) is 5.85. The normalized spacial score (nSPS) is 10.5. The third-order valence-corrected chi connectivity index (χ3v) is 2.90. The van der Waals surface area contributed by atoms with Crippen molar-refractivity contribution in [2.24, 2.45) is 0 Å². The van der Waals surface area contributed by atoms with Gasteiger partial charge in [0.2, 0.25) is 0 Å². The Labute approximate surface area is 72.1 Å². The summed E-state index contributed by atoms with van der Waals surface area (Å²) in [4.78, 5) is 0. The van der Waals surface area contributed by atoms with Gasteiger partial charge in [0.25, 0.3) is 0 Å². The minimum absolute atomic E-state index is 1.27. The zero-order chi connectivity index (χ0) is 8.43. The van der Waals surface area contributed by atoms with Crippen LogP contribution in [0.1, 0.15) is 22.3 Å². The van der Waals surface area contributed by atoms with Crippen LogP contribution in [0.3, 0.4) is 0 Å². The number of aryl methyl sites for hydroxylation is 3. The van der Waals surface area contributed by atoms with E-state index in [-0.39, 0.29) is 0 Å². The van der Waals surface area contributed by atoms with Crippen LogP contribution in [-0.2, 0) is 6.04 Å². The summed E-state index contributed by atoms with van der Waals surface area (Å²) >= 11 is 0. The number of benzene rings is 1. The lowest BCUT2D eigenvalue weighted by molar-refractivity contribution is 1.21. The predicted molar refractivity (Wildman–Crippen MR) is 54.3 cm³/mol. The van der Waals surface area contributed by atoms with Gasteiger partial charge in [0.1, 0.15) is 0 Å². The first-order chi connectivity index (χ1) is 5.15. The second-order valence-electron chi connectivity index (χ2n) is 3.23. The monoisotopic (exact) mass is 164 g/mol. The van der Waals surface area contributed by atoms with Gasteiger partial charge in [0, 0.05) is 10.2 Å². The summed E-state index contributed by atoms with van der Waals surface area (Å²) in [5.41, 5.74) is 5.90. The molecule has 0 spiro atoms. The van der Waals surface area contributed by atoms with Crippen LogP contribution in [0, 0.1) is 20.8 Å². The van der Waals surface area contributed by atoms with E-state index >= 15 is 0 Å². The van der Waals surface area contributed by atoms with Gasteiger partial charge in [-0.3, -0.25) is 0 Å². The van der Waals surface area contributed by atoms with Crippen molar-refractivity contribution >= 4 is 10.2 Å². The minimum atomic E-state index is 1.27. The lowest BCUT2D eigenvalue weighted by Crippen LogP contribution is -1.94. The molecule has 0 saturated carbocycles. The first-order valence-electron chi connectivity index (χ1n) is 4.22. The van der Waals surface area contributed by atoms with E-state index in [1.165, 1.54) is 33.0 Å². The van der Waals surface area contributed by atoms with Crippen LogP contribution in [0.4, 0.5) is 0 Å². The summed E-state index contributed by atoms with van der Waals surface area (Å²) in [5.74, 6) is 0. The molecule has 0 nitrogen and oxygen atoms in total. The maximum Gasteiger partial charge on any atom is 0.00836 e. The molecule has 0 aliphatic rings. The van der Waals surface area contributed by atoms with Gasteiger partial charge in [-0.25, -0.2) is 0 Å². The summed E-state index contributed by atoms with van der Waals surface area (Å²) in [5, 5.41) is 0. The average Bonchev–Trinajstić information content (AvgIpc) is 1.85. The molecular formula is C10H16Si. The quantitative estimate of drug-likeness (QED) is 0.552. The van der Waals surface area contributed by atoms with E-state index in [0.29, 0.717) is 0 Å². The van der Waals surface area contributed by atoms with Crippen molar-refractivity contribution in [2.45, 2.75) is 26.8 Å². The molecule has 0 heterocycles. The van der Waals surface area contributed by atoms with Crippen LogP contribution in [0.25, 0.3) is 0 Å². The molecular weight excluding hydrogens is 148 g/mol. The Bertz CT molecular complexity index is 241. The van der Waals surface area contributed by atoms with Crippen molar-refractivity contribution in [3.63, 3.8) is 0 Å². The van der Waals surface area contributed by atoms with Gasteiger partial charge in [-0.05, 0) is 43.5 Å². The van der Waals surface area contributed by atoms with Crippen LogP contribution in [-0.4, -0.2) is 10.2 Å². The van der Waals surface area contributed by atoms with E-state index in [4.69, 9.17) is 0 Å². The lowest BCUT2D eigenvalue weighted by Gasteiger charge is -2.08. The fraction of sp³-hybridized carbons (Fsp3) is 0.400. The molecule has 0 aliphatic heterocycles. The second kappa shape index (κ2) is 3.22. The Balaban J connectivity index is 3.25. The topological polar surface area (TPSA) is 0 Å². The van der Waals surface area contributed by atoms with E-state index < -0.39 is 0 Å². The average molecular weight is 164 g/mol. The van der Waals surface area contributed by atoms with Gasteiger partial charge < -0.3 is 0 Å². The molecule has 0 amide bonds. The van der Waals surface area contributed by atoms with Gasteiger partial charge in [-0.2, -0.15) is 0 Å². The number of hydrogen-bond donors (Lipinski definition) is 0. The van der Waals surface area contributed by atoms with Crippen LogP contribution >= 0.6 is 0 Å². The zero-order valence-electron chi connectivity index (χ0n) is 7.86. The Hall–Kier alpha value is -0.563. The third kappa shape index (κ3) is 1.72. The molecule has 0 saturated heterocycles. The Morgan fingerprint density at radius 3 is 1.91 bits per heavy atom. The van der Waals surface area contributed by atoms with Crippen molar-refractivity contribution in [3.05, 3.63) is 34.4 Å². The third-order valence-electron chi connectivity index (χ3n) is 2.19. The summed E-state index contributed by atoms with van der Waals surface area (Å²) in [7, 11) is 1.27. The van der Waals surface area contributed by atoms with Crippen LogP contribution in [0.15, 0.2) is 12.1 Å². The number of hydrogen-bond acceptors (Lipinski definition) is 0. The molecule has 0 atom stereocenters. The van der Waals surface area contributed by atoms with Gasteiger partial charge in [-0.1, -0.05) is 17.7 Å². The molecule has 1 heteroatoms. The summed E-state index contributed by atoms with van der Waals surface area (Å²) < 4.78 is 0. The van der Waals surface area contributed by atoms with Crippen molar-refractivity contribution < 1.29 is 0 Å². The maximum atomic E-state index is 2.28. The molecule has 1 aromatic rings. The zero-order valence-corrected chi connectivity index (χ0v) is 9.86. The second-order valence-corrected chi connectivity index (χ2v) is 3.94. The van der Waals surface area contributed by atoms with E-state index in [1.54, 1.807) is 5.56 Å². The van der Waals surface area contributed by atoms with Crippen molar-refractivity contribution in [2.75, 3.05) is 0 Å². The fourth-order valence-corrected chi connectivity index (χ4v) is 2.88. The Kier molecular flexibility index (Phi) is 2.50. The van der Waals surface area contributed by atoms with Gasteiger partial charge >= 0.3 is 0 Å². The van der Waals surface area contributed by atoms with Crippen LogP contribution in [0.2, 0.25) is 0 Å². The van der Waals surface area contributed by atoms with Crippen LogP contribution < -0.4 is 0 Å². The molecule has 1 rings (SSSR count). The summed E-state index contributed by atoms with van der Waals surface area (Å²) in [6.45, 7) is 6.59. The van der Waals surface area contributed by atoms with Gasteiger partial charge in [0.05, 0.1) is 0 Å². The fourth-order valence-electron chi connectivity index (χ4n) is 1.77. The van der Waals surface area contributed by atoms with E-state index in [0.717, 1.165) is 0 Å². The van der Waals surface area contributed by atoms with E-state index in [2.05, 4.69) is 32.9 Å². The molecule has 0 radical (unpaired) electrons. The molecule has 0 bridgehead atoms. The predicted octanol–water partition coefficient (Wildman–Crippen LogP) is 1.48. The van der Waals surface area contributed by atoms with E-state index in [1.807, 2.05) is 0 Å². The van der Waals surface area contributed by atoms with Crippen molar-refractivity contribution in [3.8, 4) is 0 Å². The molecule has 0 aromatic heterocycles. The lowest BCUT2D eigenvalue weighted by atomic mass is 10.0. The molecule has 0 aliphatic carbocycles.